The molecule has 0 spiro atoms. The van der Waals surface area contributed by atoms with E-state index in [9.17, 15) is 26.3 Å². The Morgan fingerprint density at radius 2 is 0.566 bits per heavy atom. The normalized spacial score (nSPS) is 12.5. The third-order valence-corrected chi connectivity index (χ3v) is 20.7. The van der Waals surface area contributed by atoms with Crippen molar-refractivity contribution in [1.29, 1.82) is 0 Å². The molecule has 4 heterocycles. The molecule has 0 atom stereocenters. The molecule has 0 N–H and O–H groups in total. The van der Waals surface area contributed by atoms with Gasteiger partial charge in [0.1, 0.15) is 0 Å². The van der Waals surface area contributed by atoms with Crippen LogP contribution in [0.25, 0.3) is 146 Å². The lowest BCUT2D eigenvalue weighted by Gasteiger charge is -2.32. The smallest absolute Gasteiger partial charge is 0.309 e. The van der Waals surface area contributed by atoms with Crippen molar-refractivity contribution in [2.75, 3.05) is 0 Å². The molecule has 0 aliphatic rings. The van der Waals surface area contributed by atoms with E-state index in [1.807, 2.05) is 158 Å². The molecule has 12 aromatic carbocycles. The van der Waals surface area contributed by atoms with E-state index in [1.165, 1.54) is 29.8 Å². The minimum atomic E-state index is -4.54. The van der Waals surface area contributed by atoms with Crippen molar-refractivity contribution in [3.8, 4) is 102 Å². The number of rotatable bonds is 15. The lowest BCUT2D eigenvalue weighted by Crippen LogP contribution is -2.24. The molecule has 0 bridgehead atoms. The van der Waals surface area contributed by atoms with Gasteiger partial charge in [-0.05, 0) is 159 Å². The van der Waals surface area contributed by atoms with Crippen LogP contribution >= 0.6 is 0 Å². The van der Waals surface area contributed by atoms with Crippen LogP contribution in [0.4, 0.5) is 26.3 Å². The molecule has 14 heteroatoms. The van der Waals surface area contributed by atoms with Gasteiger partial charge in [0.2, 0.25) is 0 Å². The molecule has 8 nitrogen and oxygen atoms in total. The number of hydrogen-bond donors (Lipinski definition) is 0. The van der Waals surface area contributed by atoms with E-state index in [0.29, 0.717) is 68.3 Å². The van der Waals surface area contributed by atoms with Crippen molar-refractivity contribution in [3.63, 3.8) is 0 Å². The maximum atomic E-state index is 14.3. The van der Waals surface area contributed by atoms with Gasteiger partial charge in [-0.25, -0.2) is 29.9 Å². The first-order valence-electron chi connectivity index (χ1n) is 35.4. The van der Waals surface area contributed by atoms with Gasteiger partial charge in [-0.2, -0.15) is 26.3 Å². The van der Waals surface area contributed by atoms with Gasteiger partial charge in [0.15, 0.2) is 34.9 Å². The molecular weight excluding hydrogens is 1330 g/mol. The summed E-state index contributed by atoms with van der Waals surface area (Å²) in [5, 5.41) is 4.23. The van der Waals surface area contributed by atoms with E-state index in [4.69, 9.17) is 29.9 Å². The van der Waals surface area contributed by atoms with Gasteiger partial charge in [-0.15, -0.1) is 0 Å². The average Bonchev–Trinajstić information content (AvgIpc) is 1.57. The van der Waals surface area contributed by atoms with Crippen molar-refractivity contribution >= 4 is 43.6 Å². The van der Waals surface area contributed by atoms with E-state index < -0.39 is 23.5 Å². The highest BCUT2D eigenvalue weighted by atomic mass is 19.4. The third-order valence-electron chi connectivity index (χ3n) is 20.7. The fourth-order valence-corrected chi connectivity index (χ4v) is 14.5. The molecule has 0 unspecified atom stereocenters. The molecule has 522 valence electrons. The first kappa shape index (κ1) is 68.3. The molecule has 0 aliphatic carbocycles. The number of halogens is 6. The Kier molecular flexibility index (Phi) is 17.1. The number of nitrogens with zero attached hydrogens (tertiary/aromatic N) is 8. The summed E-state index contributed by atoms with van der Waals surface area (Å²) in [6.45, 7) is 15.8. The molecule has 0 aliphatic heterocycles. The monoisotopic (exact) mass is 1400 g/mol. The second-order valence-electron chi connectivity index (χ2n) is 29.6. The number of aromatic nitrogens is 8. The highest BCUT2D eigenvalue weighted by Gasteiger charge is 2.34. The summed E-state index contributed by atoms with van der Waals surface area (Å²) in [6, 6.07) is 89.9. The first-order valence-corrected chi connectivity index (χ1v) is 35.4. The Labute approximate surface area is 610 Å². The lowest BCUT2D eigenvalue weighted by molar-refractivity contribution is -0.138. The Hall–Kier alpha value is -12.2. The number of fused-ring (bicyclic) bond motifs is 6. The van der Waals surface area contributed by atoms with Gasteiger partial charge in [0.25, 0.3) is 0 Å². The van der Waals surface area contributed by atoms with E-state index in [-0.39, 0.29) is 16.2 Å². The lowest BCUT2D eigenvalue weighted by atomic mass is 9.72. The molecule has 0 fully saturated rings. The molecule has 0 saturated heterocycles. The predicted molar refractivity (Wildman–Crippen MR) is 416 cm³/mol. The van der Waals surface area contributed by atoms with Crippen LogP contribution in [-0.4, -0.2) is 39.0 Å². The van der Waals surface area contributed by atoms with Crippen molar-refractivity contribution in [2.24, 2.45) is 0 Å². The first-order chi connectivity index (χ1) is 50.9. The van der Waals surface area contributed by atoms with Gasteiger partial charge < -0.3 is 9.13 Å². The van der Waals surface area contributed by atoms with Crippen molar-refractivity contribution in [2.45, 2.75) is 89.9 Å². The standard InChI is InChI=1S/C92H72F6N8/c1-88(2,3)65-40-45-71-72-46-41-67(54-81(72)106(80(71)53-65)69-44-48-74(76(56-69)58-34-38-64(39-35-58)92(96,97)98)87-103-84(61-26-16-10-17-27-61)100-85(104-87)62-28-18-11-19-29-62)90(6,7)51-50-89(4,5)66-42-49-79-77(52-66)70-30-20-21-31-78(70)105(79)68-43-47-73(75(55-68)57-32-36-63(37-33-57)91(93,94)95)86-101-82(59-22-12-8-13-23-59)99-83(102-86)60-24-14-9-15-25-60/h8-49,52-56H,50-51H2,1-7H3. The van der Waals surface area contributed by atoms with Crippen molar-refractivity contribution in [3.05, 3.63) is 313 Å². The largest absolute Gasteiger partial charge is 0.416 e. The van der Waals surface area contributed by atoms with Gasteiger partial charge in [-0.1, -0.05) is 243 Å². The summed E-state index contributed by atoms with van der Waals surface area (Å²) >= 11 is 0. The maximum absolute atomic E-state index is 14.3. The van der Waals surface area contributed by atoms with Crippen molar-refractivity contribution < 1.29 is 26.3 Å². The summed E-state index contributed by atoms with van der Waals surface area (Å²) in [5.74, 6) is 2.58. The molecule has 0 radical (unpaired) electrons. The highest BCUT2D eigenvalue weighted by Crippen LogP contribution is 2.46. The van der Waals surface area contributed by atoms with Crippen molar-refractivity contribution in [1.82, 2.24) is 39.0 Å². The quantitative estimate of drug-likeness (QED) is 0.0951. The van der Waals surface area contributed by atoms with Crippen LogP contribution in [0.3, 0.4) is 0 Å². The predicted octanol–water partition coefficient (Wildman–Crippen LogP) is 25.0. The Morgan fingerprint density at radius 1 is 0.245 bits per heavy atom. The summed E-state index contributed by atoms with van der Waals surface area (Å²) < 4.78 is 90.1. The van der Waals surface area contributed by atoms with Crippen LogP contribution in [0, 0.1) is 0 Å². The summed E-state index contributed by atoms with van der Waals surface area (Å²) in [7, 11) is 0. The van der Waals surface area contributed by atoms with Gasteiger partial charge in [-0.3, -0.25) is 0 Å². The zero-order chi connectivity index (χ0) is 73.4. The van der Waals surface area contributed by atoms with E-state index in [0.717, 1.165) is 125 Å². The fourth-order valence-electron chi connectivity index (χ4n) is 14.5. The Balaban J connectivity index is 0.773. The Morgan fingerprint density at radius 3 is 0.972 bits per heavy atom. The zero-order valence-corrected chi connectivity index (χ0v) is 59.4. The van der Waals surface area contributed by atoms with E-state index in [2.05, 4.69) is 136 Å². The molecular formula is C92H72F6N8. The topological polar surface area (TPSA) is 87.2 Å². The second-order valence-corrected chi connectivity index (χ2v) is 29.6. The second kappa shape index (κ2) is 26.5. The third kappa shape index (κ3) is 13.1. The van der Waals surface area contributed by atoms with Crippen LogP contribution in [0.15, 0.2) is 285 Å². The molecule has 4 aromatic heterocycles. The Bertz CT molecular complexity index is 5880. The summed E-state index contributed by atoms with van der Waals surface area (Å²) in [4.78, 5) is 30.2. The van der Waals surface area contributed by atoms with Crippen LogP contribution in [0.1, 0.15) is 89.1 Å². The van der Waals surface area contributed by atoms with Crippen LogP contribution in [-0.2, 0) is 28.6 Å². The van der Waals surface area contributed by atoms with Gasteiger partial charge in [0.05, 0.1) is 33.2 Å². The molecule has 16 rings (SSSR count). The van der Waals surface area contributed by atoms with Crippen LogP contribution in [0.5, 0.6) is 0 Å². The minimum absolute atomic E-state index is 0.199. The summed E-state index contributed by atoms with van der Waals surface area (Å²) in [6.07, 6.45) is -7.44. The molecule has 16 aromatic rings. The molecule has 0 saturated carbocycles. The highest BCUT2D eigenvalue weighted by molar-refractivity contribution is 6.11. The average molecular weight is 1400 g/mol. The van der Waals surface area contributed by atoms with E-state index in [1.54, 1.807) is 0 Å². The maximum Gasteiger partial charge on any atom is 0.416 e. The number of para-hydroxylation sites is 1. The van der Waals surface area contributed by atoms with E-state index >= 15 is 0 Å². The molecule has 0 amide bonds. The molecule has 106 heavy (non-hydrogen) atoms. The van der Waals surface area contributed by atoms with Crippen LogP contribution in [0.2, 0.25) is 0 Å². The number of alkyl halides is 6. The zero-order valence-electron chi connectivity index (χ0n) is 59.4. The fraction of sp³-hybridized carbons (Fsp3) is 0.152. The summed E-state index contributed by atoms with van der Waals surface area (Å²) in [5.41, 5.74) is 13.4. The van der Waals surface area contributed by atoms with Gasteiger partial charge >= 0.3 is 12.4 Å². The van der Waals surface area contributed by atoms with Gasteiger partial charge in [0, 0.05) is 66.3 Å². The number of hydrogen-bond acceptors (Lipinski definition) is 6. The minimum Gasteiger partial charge on any atom is -0.309 e. The number of benzene rings is 12. The SMILES string of the molecule is CC(C)(C)c1ccc2c3ccc(C(C)(C)CCC(C)(C)c4ccc5c(c4)c4ccccc4n5-c4ccc(-c5nc(-c6ccccc6)nc(-c6ccccc6)n5)c(-c5ccc(C(F)(F)F)cc5)c4)cc3n(-c3ccc(-c4nc(-c5ccccc5)nc(-c5ccccc5)n4)c(-c4ccc(C(F)(F)F)cc4)c3)c2c1. The van der Waals surface area contributed by atoms with Crippen LogP contribution < -0.4 is 0 Å².